The Morgan fingerprint density at radius 1 is 1.13 bits per heavy atom. The normalized spacial score (nSPS) is 11.3. The molecule has 0 unspecified atom stereocenters. The van der Waals surface area contributed by atoms with Gasteiger partial charge in [0.25, 0.3) is 0 Å². The van der Waals surface area contributed by atoms with Gasteiger partial charge in [0.15, 0.2) is 0 Å². The molecule has 4 heteroatoms. The zero-order chi connectivity index (χ0) is 16.9. The molecule has 23 heavy (non-hydrogen) atoms. The van der Waals surface area contributed by atoms with Crippen molar-refractivity contribution in [3.8, 4) is 5.75 Å². The third-order valence-electron chi connectivity index (χ3n) is 3.42. The van der Waals surface area contributed by atoms with Crippen molar-refractivity contribution in [1.29, 1.82) is 0 Å². The first-order valence-electron chi connectivity index (χ1n) is 7.56. The third kappa shape index (κ3) is 5.32. The minimum absolute atomic E-state index is 0.168. The largest absolute Gasteiger partial charge is 0.493 e. The van der Waals surface area contributed by atoms with E-state index in [0.29, 0.717) is 12.4 Å². The standard InChI is InChI=1S/C19H22O3S/c1-19(2,3)15-7-9-17(10-8-15)23-12-11-22-16-6-4-5-14(13-16)18(20)21/h4-10,13H,11-12H2,1-3H3,(H,20,21). The molecule has 1 N–H and O–H groups in total. The Hall–Kier alpha value is -1.94. The van der Waals surface area contributed by atoms with E-state index in [2.05, 4.69) is 45.0 Å². The second kappa shape index (κ2) is 7.55. The number of hydrogen-bond acceptors (Lipinski definition) is 3. The number of benzene rings is 2. The van der Waals surface area contributed by atoms with E-state index in [4.69, 9.17) is 9.84 Å². The van der Waals surface area contributed by atoms with Crippen LogP contribution in [-0.4, -0.2) is 23.4 Å². The Morgan fingerprint density at radius 2 is 1.83 bits per heavy atom. The smallest absolute Gasteiger partial charge is 0.335 e. The molecule has 0 aromatic heterocycles. The van der Waals surface area contributed by atoms with Crippen molar-refractivity contribution in [3.05, 3.63) is 59.7 Å². The molecule has 0 radical (unpaired) electrons. The Bertz CT molecular complexity index is 657. The highest BCUT2D eigenvalue weighted by Gasteiger charge is 2.12. The van der Waals surface area contributed by atoms with E-state index >= 15 is 0 Å². The number of thioether (sulfide) groups is 1. The lowest BCUT2D eigenvalue weighted by Crippen LogP contribution is -2.10. The van der Waals surface area contributed by atoms with E-state index in [9.17, 15) is 4.79 Å². The number of hydrogen-bond donors (Lipinski definition) is 1. The minimum Gasteiger partial charge on any atom is -0.493 e. The quantitative estimate of drug-likeness (QED) is 0.607. The SMILES string of the molecule is CC(C)(C)c1ccc(SCCOc2cccc(C(=O)O)c2)cc1. The molecular formula is C19H22O3S. The van der Waals surface area contributed by atoms with E-state index in [0.717, 1.165) is 5.75 Å². The number of carboxylic acid groups (broad SMARTS) is 1. The van der Waals surface area contributed by atoms with Gasteiger partial charge >= 0.3 is 5.97 Å². The number of carbonyl (C=O) groups is 1. The van der Waals surface area contributed by atoms with Crippen LogP contribution in [0.4, 0.5) is 0 Å². The number of aromatic carboxylic acids is 1. The van der Waals surface area contributed by atoms with Gasteiger partial charge in [-0.2, -0.15) is 0 Å². The number of carboxylic acids is 1. The van der Waals surface area contributed by atoms with E-state index < -0.39 is 5.97 Å². The summed E-state index contributed by atoms with van der Waals surface area (Å²) < 4.78 is 5.61. The van der Waals surface area contributed by atoms with E-state index in [1.807, 2.05) is 0 Å². The van der Waals surface area contributed by atoms with E-state index in [-0.39, 0.29) is 11.0 Å². The summed E-state index contributed by atoms with van der Waals surface area (Å²) in [7, 11) is 0. The Balaban J connectivity index is 1.81. The molecule has 0 bridgehead atoms. The summed E-state index contributed by atoms with van der Waals surface area (Å²) in [6.45, 7) is 7.14. The maximum Gasteiger partial charge on any atom is 0.335 e. The molecule has 0 saturated heterocycles. The van der Waals surface area contributed by atoms with Crippen LogP contribution in [0.3, 0.4) is 0 Å². The lowest BCUT2D eigenvalue weighted by molar-refractivity contribution is 0.0696. The second-order valence-corrected chi connectivity index (χ2v) is 7.47. The van der Waals surface area contributed by atoms with Crippen LogP contribution in [0, 0.1) is 0 Å². The molecule has 0 aliphatic rings. The molecule has 0 atom stereocenters. The molecule has 122 valence electrons. The molecule has 0 aliphatic heterocycles. The predicted molar refractivity (Wildman–Crippen MR) is 94.8 cm³/mol. The van der Waals surface area contributed by atoms with Gasteiger partial charge in [0.2, 0.25) is 0 Å². The molecule has 0 heterocycles. The van der Waals surface area contributed by atoms with Crippen molar-refractivity contribution in [2.24, 2.45) is 0 Å². The fraction of sp³-hybridized carbons (Fsp3) is 0.316. The summed E-state index contributed by atoms with van der Waals surface area (Å²) >= 11 is 1.73. The van der Waals surface area contributed by atoms with E-state index in [1.165, 1.54) is 10.5 Å². The van der Waals surface area contributed by atoms with Crippen molar-refractivity contribution >= 4 is 17.7 Å². The molecule has 0 spiro atoms. The zero-order valence-electron chi connectivity index (χ0n) is 13.7. The van der Waals surface area contributed by atoms with Crippen LogP contribution < -0.4 is 4.74 Å². The lowest BCUT2D eigenvalue weighted by Gasteiger charge is -2.19. The zero-order valence-corrected chi connectivity index (χ0v) is 14.5. The third-order valence-corrected chi connectivity index (χ3v) is 4.40. The van der Waals surface area contributed by atoms with Crippen LogP contribution >= 0.6 is 11.8 Å². The average Bonchev–Trinajstić information content (AvgIpc) is 2.51. The van der Waals surface area contributed by atoms with Gasteiger partial charge in [0.05, 0.1) is 12.2 Å². The Morgan fingerprint density at radius 3 is 2.43 bits per heavy atom. The number of ether oxygens (including phenoxy) is 1. The number of rotatable bonds is 6. The first kappa shape index (κ1) is 17.4. The van der Waals surface area contributed by atoms with Crippen molar-refractivity contribution in [2.75, 3.05) is 12.4 Å². The van der Waals surface area contributed by atoms with Crippen molar-refractivity contribution in [3.63, 3.8) is 0 Å². The summed E-state index contributed by atoms with van der Waals surface area (Å²) in [4.78, 5) is 12.1. The maximum absolute atomic E-state index is 10.9. The molecule has 2 aromatic carbocycles. The van der Waals surface area contributed by atoms with Gasteiger partial charge in [-0.15, -0.1) is 11.8 Å². The lowest BCUT2D eigenvalue weighted by atomic mass is 9.87. The van der Waals surface area contributed by atoms with Gasteiger partial charge in [-0.1, -0.05) is 39.0 Å². The van der Waals surface area contributed by atoms with Crippen molar-refractivity contribution < 1.29 is 14.6 Å². The molecule has 2 rings (SSSR count). The Labute approximate surface area is 141 Å². The van der Waals surface area contributed by atoms with Gasteiger partial charge in [0.1, 0.15) is 5.75 Å². The molecule has 0 fully saturated rings. The van der Waals surface area contributed by atoms with Crippen LogP contribution in [0.5, 0.6) is 5.75 Å². The molecule has 2 aromatic rings. The van der Waals surface area contributed by atoms with Crippen LogP contribution in [-0.2, 0) is 5.41 Å². The van der Waals surface area contributed by atoms with Gasteiger partial charge in [-0.05, 0) is 41.3 Å². The average molecular weight is 330 g/mol. The predicted octanol–water partition coefficient (Wildman–Crippen LogP) is 4.85. The fourth-order valence-corrected chi connectivity index (χ4v) is 2.82. The summed E-state index contributed by atoms with van der Waals surface area (Å²) in [5.74, 6) is 0.462. The highest BCUT2D eigenvalue weighted by Crippen LogP contribution is 2.25. The van der Waals surface area contributed by atoms with Gasteiger partial charge in [0, 0.05) is 10.6 Å². The van der Waals surface area contributed by atoms with Gasteiger partial charge in [-0.3, -0.25) is 0 Å². The molecule has 0 saturated carbocycles. The van der Waals surface area contributed by atoms with Crippen LogP contribution in [0.25, 0.3) is 0 Å². The molecule has 3 nitrogen and oxygen atoms in total. The summed E-state index contributed by atoms with van der Waals surface area (Å²) in [6, 6.07) is 15.2. The topological polar surface area (TPSA) is 46.5 Å². The second-order valence-electron chi connectivity index (χ2n) is 6.30. The molecule has 0 aliphatic carbocycles. The highest BCUT2D eigenvalue weighted by molar-refractivity contribution is 7.99. The van der Waals surface area contributed by atoms with Crippen LogP contribution in [0.2, 0.25) is 0 Å². The van der Waals surface area contributed by atoms with E-state index in [1.54, 1.807) is 36.0 Å². The summed E-state index contributed by atoms with van der Waals surface area (Å²) in [5.41, 5.74) is 1.73. The Kier molecular flexibility index (Phi) is 5.72. The fourth-order valence-electron chi connectivity index (χ4n) is 2.09. The van der Waals surface area contributed by atoms with Gasteiger partial charge in [-0.25, -0.2) is 4.79 Å². The first-order chi connectivity index (χ1) is 10.9. The van der Waals surface area contributed by atoms with Gasteiger partial charge < -0.3 is 9.84 Å². The maximum atomic E-state index is 10.9. The first-order valence-corrected chi connectivity index (χ1v) is 8.54. The van der Waals surface area contributed by atoms with Crippen LogP contribution in [0.1, 0.15) is 36.7 Å². The monoisotopic (exact) mass is 330 g/mol. The minimum atomic E-state index is -0.941. The summed E-state index contributed by atoms with van der Waals surface area (Å²) in [5, 5.41) is 8.95. The molecule has 0 amide bonds. The van der Waals surface area contributed by atoms with Crippen LogP contribution in [0.15, 0.2) is 53.4 Å². The van der Waals surface area contributed by atoms with Crippen molar-refractivity contribution in [1.82, 2.24) is 0 Å². The highest BCUT2D eigenvalue weighted by atomic mass is 32.2. The summed E-state index contributed by atoms with van der Waals surface area (Å²) in [6.07, 6.45) is 0. The molecular weight excluding hydrogens is 308 g/mol. The van der Waals surface area contributed by atoms with Crippen molar-refractivity contribution in [2.45, 2.75) is 31.1 Å².